The van der Waals surface area contributed by atoms with Gasteiger partial charge in [-0.3, -0.25) is 14.5 Å². The monoisotopic (exact) mass is 329 g/mol. The third-order valence-electron chi connectivity index (χ3n) is 5.00. The largest absolute Gasteiger partial charge is 0.325 e. The van der Waals surface area contributed by atoms with E-state index in [0.717, 1.165) is 41.0 Å². The van der Waals surface area contributed by atoms with Crippen LogP contribution in [0.25, 0.3) is 0 Å². The third kappa shape index (κ3) is 2.77. The van der Waals surface area contributed by atoms with E-state index >= 15 is 0 Å². The van der Waals surface area contributed by atoms with E-state index < -0.39 is 11.6 Å². The molecule has 1 atom stereocenters. The van der Waals surface area contributed by atoms with Crippen molar-refractivity contribution in [2.45, 2.75) is 45.6 Å². The molecule has 0 radical (unpaired) electrons. The summed E-state index contributed by atoms with van der Waals surface area (Å²) in [5, 5.41) is 5.61. The molecule has 6 heteroatoms. The zero-order valence-corrected chi connectivity index (χ0v) is 14.3. The second kappa shape index (κ2) is 5.92. The topological polar surface area (TPSA) is 78.5 Å². The molecule has 2 aliphatic rings. The van der Waals surface area contributed by atoms with Crippen LogP contribution in [0, 0.1) is 12.8 Å². The molecule has 4 amide bonds. The smallest absolute Gasteiger partial charge is 0.324 e. The van der Waals surface area contributed by atoms with Gasteiger partial charge in [-0.2, -0.15) is 0 Å². The van der Waals surface area contributed by atoms with Crippen LogP contribution >= 0.6 is 0 Å². The number of amides is 4. The lowest BCUT2D eigenvalue weighted by molar-refractivity contribution is -0.134. The van der Waals surface area contributed by atoms with Crippen molar-refractivity contribution in [2.24, 2.45) is 5.92 Å². The highest BCUT2D eigenvalue weighted by atomic mass is 16.2. The van der Waals surface area contributed by atoms with E-state index in [-0.39, 0.29) is 24.3 Å². The van der Waals surface area contributed by atoms with Gasteiger partial charge in [-0.05, 0) is 50.2 Å². The van der Waals surface area contributed by atoms with Gasteiger partial charge < -0.3 is 10.6 Å². The van der Waals surface area contributed by atoms with Crippen LogP contribution in [0.4, 0.5) is 10.5 Å². The van der Waals surface area contributed by atoms with Crippen molar-refractivity contribution < 1.29 is 14.4 Å². The molecule has 1 aliphatic heterocycles. The number of rotatable bonds is 5. The number of aryl methyl sites for hydroxylation is 2. The highest BCUT2D eigenvalue weighted by molar-refractivity contribution is 6.10. The van der Waals surface area contributed by atoms with Crippen molar-refractivity contribution in [1.82, 2.24) is 10.2 Å². The maximum absolute atomic E-state index is 12.6. The Labute approximate surface area is 141 Å². The van der Waals surface area contributed by atoms with Gasteiger partial charge in [-0.1, -0.05) is 25.1 Å². The van der Waals surface area contributed by atoms with Gasteiger partial charge in [0.15, 0.2) is 0 Å². The third-order valence-corrected chi connectivity index (χ3v) is 5.00. The fourth-order valence-electron chi connectivity index (χ4n) is 3.32. The van der Waals surface area contributed by atoms with Crippen LogP contribution < -0.4 is 10.6 Å². The lowest BCUT2D eigenvalue weighted by Crippen LogP contribution is -2.46. The molecule has 6 nitrogen and oxygen atoms in total. The standard InChI is InChI=1S/C18H23N3O3/c1-4-12-7-5-6-11(2)15(12)19-14(22)10-21-16(23)18(3,13-8-9-13)20-17(21)24/h5-7,13H,4,8-10H2,1-3H3,(H,19,22)(H,20,24)/t18-/m1/s1. The summed E-state index contributed by atoms with van der Waals surface area (Å²) in [5.41, 5.74) is 1.90. The zero-order chi connectivity index (χ0) is 17.5. The summed E-state index contributed by atoms with van der Waals surface area (Å²) in [6.07, 6.45) is 2.66. The fraction of sp³-hybridized carbons (Fsp3) is 0.500. The average molecular weight is 329 g/mol. The van der Waals surface area contributed by atoms with Gasteiger partial charge >= 0.3 is 6.03 Å². The second-order valence-corrected chi connectivity index (χ2v) is 6.81. The van der Waals surface area contributed by atoms with E-state index in [1.54, 1.807) is 6.92 Å². The SMILES string of the molecule is CCc1cccc(C)c1NC(=O)CN1C(=O)N[C@](C)(C2CC2)C1=O. The summed E-state index contributed by atoms with van der Waals surface area (Å²) in [5.74, 6) is -0.474. The van der Waals surface area contributed by atoms with Gasteiger partial charge in [0.2, 0.25) is 5.91 Å². The molecular formula is C18H23N3O3. The van der Waals surface area contributed by atoms with Crippen molar-refractivity contribution in [1.29, 1.82) is 0 Å². The number of hydrogen-bond acceptors (Lipinski definition) is 3. The summed E-state index contributed by atoms with van der Waals surface area (Å²) in [7, 11) is 0. The molecule has 2 N–H and O–H groups in total. The first kappa shape index (κ1) is 16.5. The molecule has 1 aromatic rings. The molecular weight excluding hydrogens is 306 g/mol. The Morgan fingerprint density at radius 1 is 1.38 bits per heavy atom. The van der Waals surface area contributed by atoms with E-state index in [9.17, 15) is 14.4 Å². The Kier molecular flexibility index (Phi) is 4.07. The molecule has 3 rings (SSSR count). The Morgan fingerprint density at radius 3 is 2.71 bits per heavy atom. The van der Waals surface area contributed by atoms with Crippen LogP contribution in [0.2, 0.25) is 0 Å². The minimum Gasteiger partial charge on any atom is -0.324 e. The molecule has 0 spiro atoms. The molecule has 24 heavy (non-hydrogen) atoms. The minimum atomic E-state index is -0.853. The van der Waals surface area contributed by atoms with Gasteiger partial charge in [-0.15, -0.1) is 0 Å². The van der Waals surface area contributed by atoms with Gasteiger partial charge in [0.25, 0.3) is 5.91 Å². The summed E-state index contributed by atoms with van der Waals surface area (Å²) in [6.45, 7) is 5.43. The maximum Gasteiger partial charge on any atom is 0.325 e. The van der Waals surface area contributed by atoms with Crippen molar-refractivity contribution >= 4 is 23.5 Å². The van der Waals surface area contributed by atoms with Crippen LogP contribution in [0.1, 0.15) is 37.8 Å². The van der Waals surface area contributed by atoms with E-state index in [0.29, 0.717) is 0 Å². The van der Waals surface area contributed by atoms with Crippen molar-refractivity contribution in [3.63, 3.8) is 0 Å². The average Bonchev–Trinajstić information content (AvgIpc) is 3.36. The summed E-state index contributed by atoms with van der Waals surface area (Å²) in [4.78, 5) is 38.1. The fourth-order valence-corrected chi connectivity index (χ4v) is 3.32. The zero-order valence-electron chi connectivity index (χ0n) is 14.3. The van der Waals surface area contributed by atoms with Crippen molar-refractivity contribution in [3.8, 4) is 0 Å². The molecule has 0 bridgehead atoms. The number of imide groups is 1. The Morgan fingerprint density at radius 2 is 2.08 bits per heavy atom. The van der Waals surface area contributed by atoms with Crippen LogP contribution in [0.15, 0.2) is 18.2 Å². The number of benzene rings is 1. The highest BCUT2D eigenvalue weighted by Crippen LogP contribution is 2.42. The van der Waals surface area contributed by atoms with Crippen LogP contribution in [0.3, 0.4) is 0 Å². The van der Waals surface area contributed by atoms with Crippen LogP contribution in [0.5, 0.6) is 0 Å². The first-order chi connectivity index (χ1) is 11.4. The number of anilines is 1. The van der Waals surface area contributed by atoms with Gasteiger partial charge in [0, 0.05) is 5.69 Å². The molecule has 2 fully saturated rings. The number of nitrogens with one attached hydrogen (secondary N) is 2. The van der Waals surface area contributed by atoms with Crippen LogP contribution in [-0.2, 0) is 16.0 Å². The molecule has 128 valence electrons. The number of carbonyl (C=O) groups is 3. The molecule has 0 aromatic heterocycles. The van der Waals surface area contributed by atoms with E-state index in [2.05, 4.69) is 10.6 Å². The van der Waals surface area contributed by atoms with E-state index in [1.807, 2.05) is 32.0 Å². The Hall–Kier alpha value is -2.37. The number of para-hydroxylation sites is 1. The van der Waals surface area contributed by atoms with Crippen molar-refractivity contribution in [2.75, 3.05) is 11.9 Å². The molecule has 1 aromatic carbocycles. The predicted molar refractivity (Wildman–Crippen MR) is 90.6 cm³/mol. The van der Waals surface area contributed by atoms with Gasteiger partial charge in [-0.25, -0.2) is 4.79 Å². The summed E-state index contributed by atoms with van der Waals surface area (Å²) < 4.78 is 0. The Bertz CT molecular complexity index is 711. The summed E-state index contributed by atoms with van der Waals surface area (Å²) >= 11 is 0. The maximum atomic E-state index is 12.6. The second-order valence-electron chi connectivity index (χ2n) is 6.81. The number of urea groups is 1. The van der Waals surface area contributed by atoms with Gasteiger partial charge in [0.1, 0.15) is 12.1 Å². The highest BCUT2D eigenvalue weighted by Gasteiger charge is 2.56. The van der Waals surface area contributed by atoms with Gasteiger partial charge in [0.05, 0.1) is 0 Å². The molecule has 1 aliphatic carbocycles. The first-order valence-electron chi connectivity index (χ1n) is 8.39. The minimum absolute atomic E-state index is 0.185. The molecule has 1 saturated heterocycles. The molecule has 0 unspecified atom stereocenters. The number of carbonyl (C=O) groups excluding carboxylic acids is 3. The molecule has 1 saturated carbocycles. The van der Waals surface area contributed by atoms with E-state index in [1.165, 1.54) is 0 Å². The number of hydrogen-bond donors (Lipinski definition) is 2. The molecule has 1 heterocycles. The Balaban J connectivity index is 1.72. The lowest BCUT2D eigenvalue weighted by atomic mass is 9.96. The number of nitrogens with zero attached hydrogens (tertiary/aromatic N) is 1. The van der Waals surface area contributed by atoms with Crippen molar-refractivity contribution in [3.05, 3.63) is 29.3 Å². The van der Waals surface area contributed by atoms with E-state index in [4.69, 9.17) is 0 Å². The quantitative estimate of drug-likeness (QED) is 0.813. The first-order valence-corrected chi connectivity index (χ1v) is 8.39. The van der Waals surface area contributed by atoms with Crippen LogP contribution in [-0.4, -0.2) is 34.8 Å². The summed E-state index contributed by atoms with van der Waals surface area (Å²) in [6, 6.07) is 5.35. The normalized spacial score (nSPS) is 23.4. The predicted octanol–water partition coefficient (Wildman–Crippen LogP) is 2.22. The lowest BCUT2D eigenvalue weighted by Gasteiger charge is -2.21.